The first kappa shape index (κ1) is 15.8. The number of nitrogens with one attached hydrogen (secondary N) is 1. The highest BCUT2D eigenvalue weighted by Crippen LogP contribution is 2.42. The van der Waals surface area contributed by atoms with Gasteiger partial charge in [-0.3, -0.25) is 0 Å². The van der Waals surface area contributed by atoms with Gasteiger partial charge in [-0.15, -0.1) is 0 Å². The van der Waals surface area contributed by atoms with E-state index < -0.39 is 11.7 Å². The molecule has 1 atom stereocenters. The van der Waals surface area contributed by atoms with E-state index in [0.717, 1.165) is 37.0 Å². The maximum atomic E-state index is 13.2. The number of rotatable bonds is 2. The smallest absolute Gasteiger partial charge is 0.365 e. The van der Waals surface area contributed by atoms with Gasteiger partial charge in [0.15, 0.2) is 0 Å². The van der Waals surface area contributed by atoms with Crippen LogP contribution < -0.4 is 10.2 Å². The Kier molecular flexibility index (Phi) is 3.96. The summed E-state index contributed by atoms with van der Waals surface area (Å²) in [6.07, 6.45) is -3.32. The van der Waals surface area contributed by atoms with Gasteiger partial charge in [0.25, 0.3) is 0 Å². The fourth-order valence-corrected chi connectivity index (χ4v) is 4.48. The van der Waals surface area contributed by atoms with Gasteiger partial charge in [0.05, 0.1) is 5.56 Å². The van der Waals surface area contributed by atoms with E-state index in [2.05, 4.69) is 16.3 Å². The lowest BCUT2D eigenvalue weighted by molar-refractivity contribution is -0.139. The fraction of sp³-hybridized carbons (Fsp3) is 0.333. The molecule has 1 fully saturated rings. The van der Waals surface area contributed by atoms with Gasteiger partial charge in [-0.2, -0.15) is 13.2 Å². The molecule has 0 aromatic heterocycles. The van der Waals surface area contributed by atoms with Gasteiger partial charge >= 0.3 is 6.18 Å². The van der Waals surface area contributed by atoms with Gasteiger partial charge in [-0.1, -0.05) is 30.0 Å². The molecule has 2 aliphatic heterocycles. The summed E-state index contributed by atoms with van der Waals surface area (Å²) in [6.45, 7) is 2.86. The Balaban J connectivity index is 1.64. The average Bonchev–Trinajstić information content (AvgIpc) is 2.92. The Morgan fingerprint density at radius 1 is 1.12 bits per heavy atom. The Morgan fingerprint density at radius 2 is 1.96 bits per heavy atom. The molecule has 0 aliphatic carbocycles. The van der Waals surface area contributed by atoms with Crippen LogP contribution in [0, 0.1) is 0 Å². The molecule has 6 heteroatoms. The number of benzene rings is 2. The van der Waals surface area contributed by atoms with Crippen LogP contribution in [0.2, 0.25) is 0 Å². The number of fused-ring (bicyclic) bond motifs is 3. The molecule has 2 aliphatic rings. The minimum atomic E-state index is -4.33. The van der Waals surface area contributed by atoms with E-state index in [9.17, 15) is 13.2 Å². The van der Waals surface area contributed by atoms with Crippen molar-refractivity contribution in [2.24, 2.45) is 0 Å². The molecule has 0 bridgehead atoms. The van der Waals surface area contributed by atoms with Crippen molar-refractivity contribution in [1.82, 2.24) is 5.32 Å². The van der Waals surface area contributed by atoms with Gasteiger partial charge < -0.3 is 10.2 Å². The molecular formula is C18H17F3N2S. The van der Waals surface area contributed by atoms with E-state index in [1.165, 1.54) is 35.1 Å². The second-order valence-corrected chi connectivity index (χ2v) is 7.26. The lowest BCUT2D eigenvalue weighted by Crippen LogP contribution is -2.49. The zero-order valence-electron chi connectivity index (χ0n) is 12.9. The maximum Gasteiger partial charge on any atom is 0.417 e. The van der Waals surface area contributed by atoms with Crippen molar-refractivity contribution < 1.29 is 13.2 Å². The normalized spacial score (nSPS) is 20.0. The topological polar surface area (TPSA) is 15.3 Å². The molecule has 4 rings (SSSR count). The van der Waals surface area contributed by atoms with Crippen molar-refractivity contribution in [2.75, 3.05) is 24.5 Å². The minimum Gasteiger partial charge on any atom is -0.365 e. The molecular weight excluding hydrogens is 333 g/mol. The molecule has 2 heterocycles. The number of anilines is 1. The first-order valence-electron chi connectivity index (χ1n) is 7.97. The lowest BCUT2D eigenvalue weighted by Gasteiger charge is -2.32. The highest BCUT2D eigenvalue weighted by atomic mass is 32.2. The number of nitrogens with zero attached hydrogens (tertiary/aromatic N) is 1. The van der Waals surface area contributed by atoms with Gasteiger partial charge in [-0.25, -0.2) is 0 Å². The summed E-state index contributed by atoms with van der Waals surface area (Å²) in [5.74, 6) is 0. The second-order valence-electron chi connectivity index (χ2n) is 6.14. The monoisotopic (exact) mass is 350 g/mol. The number of alkyl halides is 3. The highest BCUT2D eigenvalue weighted by Gasteiger charge is 2.34. The zero-order chi connectivity index (χ0) is 16.7. The molecule has 0 saturated carbocycles. The second kappa shape index (κ2) is 6.01. The van der Waals surface area contributed by atoms with Gasteiger partial charge in [0, 0.05) is 41.2 Å². The molecule has 24 heavy (non-hydrogen) atoms. The third-order valence-corrected chi connectivity index (χ3v) is 5.66. The largest absolute Gasteiger partial charge is 0.417 e. The highest BCUT2D eigenvalue weighted by molar-refractivity contribution is 7.99. The molecule has 2 aromatic rings. The summed E-state index contributed by atoms with van der Waals surface area (Å²) < 4.78 is 39.5. The van der Waals surface area contributed by atoms with Crippen LogP contribution in [0.1, 0.15) is 11.1 Å². The Morgan fingerprint density at radius 3 is 2.79 bits per heavy atom. The van der Waals surface area contributed by atoms with Crippen molar-refractivity contribution >= 4 is 17.4 Å². The molecule has 0 radical (unpaired) electrons. The first-order valence-corrected chi connectivity index (χ1v) is 8.78. The number of piperazine rings is 1. The number of hydrogen-bond donors (Lipinski definition) is 1. The summed E-state index contributed by atoms with van der Waals surface area (Å²) in [4.78, 5) is 3.48. The summed E-state index contributed by atoms with van der Waals surface area (Å²) in [7, 11) is 0. The Hall–Kier alpha value is -1.66. The van der Waals surface area contributed by atoms with E-state index in [-0.39, 0.29) is 4.90 Å². The third-order valence-electron chi connectivity index (χ3n) is 4.59. The fourth-order valence-electron chi connectivity index (χ4n) is 3.48. The molecule has 2 nitrogen and oxygen atoms in total. The van der Waals surface area contributed by atoms with Gasteiger partial charge in [0.1, 0.15) is 0 Å². The summed E-state index contributed by atoms with van der Waals surface area (Å²) >= 11 is 1.18. The predicted molar refractivity (Wildman–Crippen MR) is 89.7 cm³/mol. The first-order chi connectivity index (χ1) is 11.5. The maximum absolute atomic E-state index is 13.2. The van der Waals surface area contributed by atoms with E-state index in [0.29, 0.717) is 6.04 Å². The summed E-state index contributed by atoms with van der Waals surface area (Å²) in [5.41, 5.74) is 1.89. The van der Waals surface area contributed by atoms with Crippen LogP contribution in [0.4, 0.5) is 18.9 Å². The van der Waals surface area contributed by atoms with E-state index in [1.54, 1.807) is 6.07 Å². The standard InChI is InChI=1S/C18H17F3N2S/c19-18(20,21)15-3-1-2-4-17(15)24-14-6-5-12-9-13-11-22-7-8-23(13)16(12)10-14/h1-6,10,13,22H,7-9,11H2. The van der Waals surface area contributed by atoms with Crippen molar-refractivity contribution in [1.29, 1.82) is 0 Å². The lowest BCUT2D eigenvalue weighted by atomic mass is 10.1. The Bertz CT molecular complexity index is 760. The molecule has 0 spiro atoms. The number of halogens is 3. The zero-order valence-corrected chi connectivity index (χ0v) is 13.8. The number of hydrogen-bond acceptors (Lipinski definition) is 3. The van der Waals surface area contributed by atoms with Crippen LogP contribution in [-0.2, 0) is 12.6 Å². The third kappa shape index (κ3) is 2.89. The molecule has 2 aromatic carbocycles. The van der Waals surface area contributed by atoms with Crippen LogP contribution >= 0.6 is 11.8 Å². The van der Waals surface area contributed by atoms with Crippen molar-refractivity contribution in [3.63, 3.8) is 0 Å². The van der Waals surface area contributed by atoms with Crippen molar-refractivity contribution in [3.05, 3.63) is 53.6 Å². The van der Waals surface area contributed by atoms with Gasteiger partial charge in [0.2, 0.25) is 0 Å². The predicted octanol–water partition coefficient (Wildman–Crippen LogP) is 4.19. The molecule has 1 unspecified atom stereocenters. The van der Waals surface area contributed by atoms with Crippen LogP contribution in [0.25, 0.3) is 0 Å². The molecule has 126 valence electrons. The van der Waals surface area contributed by atoms with Crippen LogP contribution in [0.15, 0.2) is 52.3 Å². The van der Waals surface area contributed by atoms with E-state index >= 15 is 0 Å². The van der Waals surface area contributed by atoms with Crippen molar-refractivity contribution in [3.8, 4) is 0 Å². The molecule has 0 amide bonds. The van der Waals surface area contributed by atoms with E-state index in [1.807, 2.05) is 12.1 Å². The summed E-state index contributed by atoms with van der Waals surface area (Å²) in [6, 6.07) is 12.3. The van der Waals surface area contributed by atoms with Crippen LogP contribution in [0.5, 0.6) is 0 Å². The van der Waals surface area contributed by atoms with Gasteiger partial charge in [-0.05, 0) is 36.2 Å². The quantitative estimate of drug-likeness (QED) is 0.874. The van der Waals surface area contributed by atoms with Crippen molar-refractivity contribution in [2.45, 2.75) is 28.4 Å². The van der Waals surface area contributed by atoms with Crippen LogP contribution in [-0.4, -0.2) is 25.7 Å². The SMILES string of the molecule is FC(F)(F)c1ccccc1Sc1ccc2c(c1)N1CCNCC1C2. The average molecular weight is 350 g/mol. The van der Waals surface area contributed by atoms with E-state index in [4.69, 9.17) is 0 Å². The minimum absolute atomic E-state index is 0.250. The molecule has 1 N–H and O–H groups in total. The summed E-state index contributed by atoms with van der Waals surface area (Å²) in [5, 5.41) is 3.40. The van der Waals surface area contributed by atoms with Crippen LogP contribution in [0.3, 0.4) is 0 Å². The Labute approximate surface area is 143 Å². The molecule has 1 saturated heterocycles.